The van der Waals surface area contributed by atoms with Gasteiger partial charge in [-0.3, -0.25) is 9.52 Å². The molecule has 1 unspecified atom stereocenters. The molecule has 1 aliphatic heterocycles. The first kappa shape index (κ1) is 22.1. The molecule has 1 heterocycles. The van der Waals surface area contributed by atoms with Gasteiger partial charge in [0.1, 0.15) is 0 Å². The zero-order chi connectivity index (χ0) is 19.6. The number of halogens is 3. The highest BCUT2D eigenvalue weighted by molar-refractivity contribution is 7.92. The minimum Gasteiger partial charge on any atom is -0.337 e. The van der Waals surface area contributed by atoms with Gasteiger partial charge in [-0.05, 0) is 49.2 Å². The van der Waals surface area contributed by atoms with E-state index in [4.69, 9.17) is 5.73 Å². The molecule has 6 nitrogen and oxygen atoms in total. The topological polar surface area (TPSA) is 92.5 Å². The zero-order valence-corrected chi connectivity index (χ0v) is 16.4. The summed E-state index contributed by atoms with van der Waals surface area (Å²) < 4.78 is 53.4. The van der Waals surface area contributed by atoms with E-state index in [1.54, 1.807) is 17.0 Å². The number of carbonyl (C=O) groups excluding carboxylic acids is 1. The molecule has 0 aliphatic carbocycles. The number of likely N-dealkylation sites (tertiary alicyclic amines) is 1. The number of carbonyl (C=O) groups is 1. The van der Waals surface area contributed by atoms with Crippen LogP contribution in [0.4, 0.5) is 14.5 Å². The standard InChI is InChI=1S/C18H19F2N3O3S.ClH/c19-16-7-6-15(10-17(16)20)27(25,26)22-14-5-1-3-12(9-14)18(24)23-8-2-4-13(21)11-23;/h1,3,5-7,9-10,13,22H,2,4,8,11,21H2;1H. The Balaban J connectivity index is 0.00000280. The number of hydrogen-bond acceptors (Lipinski definition) is 4. The van der Waals surface area contributed by atoms with E-state index in [0.717, 1.165) is 25.0 Å². The Kier molecular flexibility index (Phi) is 6.97. The van der Waals surface area contributed by atoms with Crippen LogP contribution in [0, 0.1) is 11.6 Å². The molecule has 0 bridgehead atoms. The lowest BCUT2D eigenvalue weighted by Crippen LogP contribution is -2.45. The number of piperidine rings is 1. The Labute approximate surface area is 168 Å². The molecular formula is C18H20ClF2N3O3S. The molecule has 1 atom stereocenters. The molecule has 1 aliphatic rings. The highest BCUT2D eigenvalue weighted by atomic mass is 35.5. The van der Waals surface area contributed by atoms with Gasteiger partial charge in [-0.25, -0.2) is 17.2 Å². The summed E-state index contributed by atoms with van der Waals surface area (Å²) >= 11 is 0. The van der Waals surface area contributed by atoms with E-state index in [1.807, 2.05) is 0 Å². The van der Waals surface area contributed by atoms with Crippen molar-refractivity contribution in [3.63, 3.8) is 0 Å². The van der Waals surface area contributed by atoms with Crippen molar-refractivity contribution in [3.8, 4) is 0 Å². The smallest absolute Gasteiger partial charge is 0.261 e. The Morgan fingerprint density at radius 2 is 1.89 bits per heavy atom. The van der Waals surface area contributed by atoms with E-state index in [0.29, 0.717) is 24.7 Å². The van der Waals surface area contributed by atoms with E-state index < -0.39 is 26.6 Å². The molecule has 0 radical (unpaired) electrons. The van der Waals surface area contributed by atoms with Crippen molar-refractivity contribution in [2.24, 2.45) is 5.73 Å². The number of sulfonamides is 1. The van der Waals surface area contributed by atoms with Gasteiger partial charge in [-0.2, -0.15) is 0 Å². The van der Waals surface area contributed by atoms with Crippen LogP contribution in [-0.4, -0.2) is 38.4 Å². The Morgan fingerprint density at radius 3 is 2.57 bits per heavy atom. The van der Waals surface area contributed by atoms with Crippen molar-refractivity contribution in [1.82, 2.24) is 4.90 Å². The van der Waals surface area contributed by atoms with Gasteiger partial charge in [0.05, 0.1) is 4.90 Å². The van der Waals surface area contributed by atoms with Gasteiger partial charge in [-0.1, -0.05) is 6.07 Å². The van der Waals surface area contributed by atoms with Crippen molar-refractivity contribution in [3.05, 3.63) is 59.7 Å². The fourth-order valence-corrected chi connectivity index (χ4v) is 4.01. The van der Waals surface area contributed by atoms with Crippen molar-refractivity contribution >= 4 is 34.0 Å². The van der Waals surface area contributed by atoms with Crippen molar-refractivity contribution in [2.45, 2.75) is 23.8 Å². The summed E-state index contributed by atoms with van der Waals surface area (Å²) in [5.74, 6) is -2.64. The molecule has 152 valence electrons. The summed E-state index contributed by atoms with van der Waals surface area (Å²) in [7, 11) is -4.13. The maximum absolute atomic E-state index is 13.3. The van der Waals surface area contributed by atoms with Crippen LogP contribution < -0.4 is 10.5 Å². The summed E-state index contributed by atoms with van der Waals surface area (Å²) in [6.07, 6.45) is 1.67. The summed E-state index contributed by atoms with van der Waals surface area (Å²) in [5, 5.41) is 0. The van der Waals surface area contributed by atoms with Gasteiger partial charge in [0.25, 0.3) is 15.9 Å². The molecule has 3 N–H and O–H groups in total. The average Bonchev–Trinajstić information content (AvgIpc) is 2.63. The predicted octanol–water partition coefficient (Wildman–Crippen LogP) is 2.75. The first-order valence-electron chi connectivity index (χ1n) is 8.39. The van der Waals surface area contributed by atoms with Crippen molar-refractivity contribution in [1.29, 1.82) is 0 Å². The lowest BCUT2D eigenvalue weighted by molar-refractivity contribution is 0.0709. The SMILES string of the molecule is Cl.NC1CCCN(C(=O)c2cccc(NS(=O)(=O)c3ccc(F)c(F)c3)c2)C1. The first-order chi connectivity index (χ1) is 12.8. The van der Waals surface area contributed by atoms with E-state index in [2.05, 4.69) is 4.72 Å². The Hall–Kier alpha value is -2.23. The molecule has 2 aromatic carbocycles. The van der Waals surface area contributed by atoms with Crippen LogP contribution in [0.5, 0.6) is 0 Å². The molecule has 1 amide bonds. The molecule has 28 heavy (non-hydrogen) atoms. The van der Waals surface area contributed by atoms with Crippen molar-refractivity contribution in [2.75, 3.05) is 17.8 Å². The quantitative estimate of drug-likeness (QED) is 0.778. The number of hydrogen-bond donors (Lipinski definition) is 2. The van der Waals surface area contributed by atoms with Gasteiger partial charge in [0, 0.05) is 30.4 Å². The van der Waals surface area contributed by atoms with Crippen LogP contribution in [0.15, 0.2) is 47.4 Å². The maximum atomic E-state index is 13.3. The van der Waals surface area contributed by atoms with E-state index >= 15 is 0 Å². The summed E-state index contributed by atoms with van der Waals surface area (Å²) in [5.41, 5.74) is 6.36. The zero-order valence-electron chi connectivity index (χ0n) is 14.8. The molecule has 0 saturated carbocycles. The molecule has 1 fully saturated rings. The number of nitrogens with one attached hydrogen (secondary N) is 1. The molecule has 0 spiro atoms. The minimum absolute atomic E-state index is 0. The highest BCUT2D eigenvalue weighted by Crippen LogP contribution is 2.20. The van der Waals surface area contributed by atoms with E-state index in [-0.39, 0.29) is 30.0 Å². The second kappa shape index (κ2) is 8.85. The molecule has 10 heteroatoms. The highest BCUT2D eigenvalue weighted by Gasteiger charge is 2.23. The van der Waals surface area contributed by atoms with Gasteiger partial charge in [0.2, 0.25) is 0 Å². The third-order valence-corrected chi connectivity index (χ3v) is 5.69. The summed E-state index contributed by atoms with van der Waals surface area (Å²) in [4.78, 5) is 13.8. The first-order valence-corrected chi connectivity index (χ1v) is 9.87. The van der Waals surface area contributed by atoms with E-state index in [9.17, 15) is 22.0 Å². The van der Waals surface area contributed by atoms with Gasteiger partial charge >= 0.3 is 0 Å². The predicted molar refractivity (Wildman–Crippen MR) is 104 cm³/mol. The molecule has 2 aromatic rings. The van der Waals surface area contributed by atoms with Crippen molar-refractivity contribution < 1.29 is 22.0 Å². The molecular weight excluding hydrogens is 412 g/mol. The number of nitrogens with zero attached hydrogens (tertiary/aromatic N) is 1. The Bertz CT molecular complexity index is 972. The molecule has 0 aromatic heterocycles. The van der Waals surface area contributed by atoms with Crippen LogP contribution in [-0.2, 0) is 10.0 Å². The van der Waals surface area contributed by atoms with E-state index in [1.165, 1.54) is 12.1 Å². The fourth-order valence-electron chi connectivity index (χ4n) is 2.95. The lowest BCUT2D eigenvalue weighted by Gasteiger charge is -2.30. The number of benzene rings is 2. The number of nitrogens with two attached hydrogens (primary N) is 1. The number of rotatable bonds is 4. The third kappa shape index (κ3) is 4.98. The number of amides is 1. The third-order valence-electron chi connectivity index (χ3n) is 4.31. The maximum Gasteiger partial charge on any atom is 0.261 e. The second-order valence-corrected chi connectivity index (χ2v) is 8.10. The summed E-state index contributed by atoms with van der Waals surface area (Å²) in [6, 6.07) is 8.22. The lowest BCUT2D eigenvalue weighted by atomic mass is 10.1. The second-order valence-electron chi connectivity index (χ2n) is 6.42. The largest absolute Gasteiger partial charge is 0.337 e. The van der Waals surface area contributed by atoms with Crippen LogP contribution in [0.3, 0.4) is 0 Å². The fraction of sp³-hybridized carbons (Fsp3) is 0.278. The van der Waals surface area contributed by atoms with Crippen LogP contribution in [0.1, 0.15) is 23.2 Å². The van der Waals surface area contributed by atoms with Gasteiger partial charge in [-0.15, -0.1) is 12.4 Å². The summed E-state index contributed by atoms with van der Waals surface area (Å²) in [6.45, 7) is 1.04. The normalized spacial score (nSPS) is 17.0. The van der Waals surface area contributed by atoms with Gasteiger partial charge in [0.15, 0.2) is 11.6 Å². The van der Waals surface area contributed by atoms with Crippen LogP contribution in [0.2, 0.25) is 0 Å². The minimum atomic E-state index is -4.13. The monoisotopic (exact) mass is 431 g/mol. The molecule has 1 saturated heterocycles. The van der Waals surface area contributed by atoms with Crippen LogP contribution >= 0.6 is 12.4 Å². The van der Waals surface area contributed by atoms with Gasteiger partial charge < -0.3 is 10.6 Å². The van der Waals surface area contributed by atoms with Crippen LogP contribution in [0.25, 0.3) is 0 Å². The average molecular weight is 432 g/mol. The number of anilines is 1. The molecule has 3 rings (SSSR count). The Morgan fingerprint density at radius 1 is 1.14 bits per heavy atom.